The van der Waals surface area contributed by atoms with Crippen molar-refractivity contribution in [3.8, 4) is 0 Å². The Morgan fingerprint density at radius 2 is 2.05 bits per heavy atom. The number of hydrogen-bond donors (Lipinski definition) is 2. The van der Waals surface area contributed by atoms with E-state index in [0.29, 0.717) is 13.0 Å². The van der Waals surface area contributed by atoms with Gasteiger partial charge in [-0.2, -0.15) is 0 Å². The number of aryl methyl sites for hydroxylation is 1. The summed E-state index contributed by atoms with van der Waals surface area (Å²) in [6.07, 6.45) is 4.42. The van der Waals surface area contributed by atoms with E-state index < -0.39 is 10.0 Å². The molecule has 1 aliphatic rings. The van der Waals surface area contributed by atoms with Crippen LogP contribution in [0.15, 0.2) is 17.5 Å². The molecule has 0 saturated heterocycles. The Kier molecular flexibility index (Phi) is 6.26. The lowest BCUT2D eigenvalue weighted by atomic mass is 10.0. The van der Waals surface area contributed by atoms with Crippen molar-refractivity contribution in [2.75, 3.05) is 12.3 Å². The highest BCUT2D eigenvalue weighted by atomic mass is 35.5. The molecule has 1 heterocycles. The third kappa shape index (κ3) is 4.72. The molecular weight excluding hydrogens is 304 g/mol. The molecule has 19 heavy (non-hydrogen) atoms. The second-order valence-electron chi connectivity index (χ2n) is 4.94. The summed E-state index contributed by atoms with van der Waals surface area (Å²) in [5, 5.41) is 1.97. The number of sulfonamides is 1. The summed E-state index contributed by atoms with van der Waals surface area (Å²) in [6.45, 7) is 0.394. The molecule has 2 rings (SSSR count). The fraction of sp³-hybridized carbons (Fsp3) is 0.667. The van der Waals surface area contributed by atoms with Gasteiger partial charge in [-0.3, -0.25) is 0 Å². The van der Waals surface area contributed by atoms with Gasteiger partial charge in [-0.15, -0.1) is 23.7 Å². The van der Waals surface area contributed by atoms with E-state index in [4.69, 9.17) is 5.73 Å². The van der Waals surface area contributed by atoms with Gasteiger partial charge < -0.3 is 5.73 Å². The summed E-state index contributed by atoms with van der Waals surface area (Å²) in [5.41, 5.74) is 5.36. The van der Waals surface area contributed by atoms with E-state index in [1.54, 1.807) is 11.3 Å². The van der Waals surface area contributed by atoms with Gasteiger partial charge >= 0.3 is 0 Å². The molecule has 4 nitrogen and oxygen atoms in total. The van der Waals surface area contributed by atoms with Gasteiger partial charge in [0.2, 0.25) is 10.0 Å². The van der Waals surface area contributed by atoms with Crippen molar-refractivity contribution in [1.82, 2.24) is 4.72 Å². The van der Waals surface area contributed by atoms with Crippen molar-refractivity contribution < 1.29 is 8.42 Å². The van der Waals surface area contributed by atoms with E-state index in [1.165, 1.54) is 0 Å². The summed E-state index contributed by atoms with van der Waals surface area (Å²) >= 11 is 1.59. The van der Waals surface area contributed by atoms with Crippen LogP contribution in [0.2, 0.25) is 0 Å². The van der Waals surface area contributed by atoms with Crippen molar-refractivity contribution in [3.05, 3.63) is 22.4 Å². The number of nitrogens with two attached hydrogens (primary N) is 1. The highest BCUT2D eigenvalue weighted by Gasteiger charge is 2.35. The molecular formula is C12H21ClN2O2S2. The van der Waals surface area contributed by atoms with Crippen LogP contribution >= 0.6 is 23.7 Å². The Morgan fingerprint density at radius 3 is 2.58 bits per heavy atom. The molecule has 0 amide bonds. The molecule has 0 unspecified atom stereocenters. The molecule has 3 N–H and O–H groups in total. The Hall–Kier alpha value is -0.140. The molecule has 0 bridgehead atoms. The molecule has 1 saturated carbocycles. The first-order valence-corrected chi connectivity index (χ1v) is 8.83. The number of hydrogen-bond acceptors (Lipinski definition) is 4. The first-order valence-electron chi connectivity index (χ1n) is 6.29. The van der Waals surface area contributed by atoms with E-state index in [-0.39, 0.29) is 23.7 Å². The van der Waals surface area contributed by atoms with Gasteiger partial charge in [0, 0.05) is 17.0 Å². The lowest BCUT2D eigenvalue weighted by molar-refractivity contribution is 0.399. The van der Waals surface area contributed by atoms with Crippen LogP contribution in [-0.2, 0) is 16.4 Å². The minimum absolute atomic E-state index is 0. The molecule has 0 aromatic carbocycles. The molecule has 1 aromatic heterocycles. The lowest BCUT2D eigenvalue weighted by Gasteiger charge is -2.28. The van der Waals surface area contributed by atoms with E-state index in [2.05, 4.69) is 4.72 Å². The highest BCUT2D eigenvalue weighted by Crippen LogP contribution is 2.29. The Bertz CT molecular complexity index is 468. The number of halogens is 1. The monoisotopic (exact) mass is 324 g/mol. The molecule has 0 spiro atoms. The SMILES string of the molecule is Cl.NCC1(NS(=O)(=O)CCc2cccs2)CCCC1. The van der Waals surface area contributed by atoms with Gasteiger partial charge in [-0.1, -0.05) is 18.9 Å². The first kappa shape index (κ1) is 16.9. The van der Waals surface area contributed by atoms with Crippen molar-refractivity contribution in [3.63, 3.8) is 0 Å². The van der Waals surface area contributed by atoms with Crippen LogP contribution in [-0.4, -0.2) is 26.3 Å². The average molecular weight is 325 g/mol. The van der Waals surface area contributed by atoms with Crippen molar-refractivity contribution in [2.45, 2.75) is 37.6 Å². The van der Waals surface area contributed by atoms with E-state index >= 15 is 0 Å². The zero-order valence-electron chi connectivity index (χ0n) is 10.8. The molecule has 0 aliphatic heterocycles. The van der Waals surface area contributed by atoms with Gasteiger partial charge in [0.15, 0.2) is 0 Å². The zero-order chi connectivity index (χ0) is 13.1. The third-order valence-electron chi connectivity index (χ3n) is 3.52. The van der Waals surface area contributed by atoms with Gasteiger partial charge in [0.1, 0.15) is 0 Å². The lowest BCUT2D eigenvalue weighted by Crippen LogP contribution is -2.52. The zero-order valence-corrected chi connectivity index (χ0v) is 13.2. The van der Waals surface area contributed by atoms with Gasteiger partial charge in [0.25, 0.3) is 0 Å². The van der Waals surface area contributed by atoms with Crippen LogP contribution in [0.1, 0.15) is 30.6 Å². The normalized spacial score (nSPS) is 18.2. The number of thiophene rings is 1. The summed E-state index contributed by atoms with van der Waals surface area (Å²) in [7, 11) is -3.23. The second-order valence-corrected chi connectivity index (χ2v) is 7.82. The Labute approximate surface area is 125 Å². The fourth-order valence-corrected chi connectivity index (χ4v) is 4.85. The van der Waals surface area contributed by atoms with Crippen LogP contribution in [0, 0.1) is 0 Å². The maximum atomic E-state index is 12.1. The summed E-state index contributed by atoms with van der Waals surface area (Å²) in [6, 6.07) is 3.91. The van der Waals surface area contributed by atoms with Crippen molar-refractivity contribution in [1.29, 1.82) is 0 Å². The van der Waals surface area contributed by atoms with Crippen molar-refractivity contribution in [2.24, 2.45) is 5.73 Å². The quantitative estimate of drug-likeness (QED) is 0.839. The minimum atomic E-state index is -3.23. The number of rotatable bonds is 6. The maximum absolute atomic E-state index is 12.1. The molecule has 1 aromatic rings. The van der Waals surface area contributed by atoms with Crippen LogP contribution in [0.25, 0.3) is 0 Å². The highest BCUT2D eigenvalue weighted by molar-refractivity contribution is 7.89. The second kappa shape index (κ2) is 7.04. The Morgan fingerprint density at radius 1 is 1.37 bits per heavy atom. The van der Waals surface area contributed by atoms with E-state index in [9.17, 15) is 8.42 Å². The predicted molar refractivity (Wildman–Crippen MR) is 82.4 cm³/mol. The number of nitrogens with one attached hydrogen (secondary N) is 1. The third-order valence-corrected chi connectivity index (χ3v) is 5.94. The van der Waals surface area contributed by atoms with Crippen LogP contribution < -0.4 is 10.5 Å². The fourth-order valence-electron chi connectivity index (χ4n) is 2.47. The van der Waals surface area contributed by atoms with Crippen LogP contribution in [0.4, 0.5) is 0 Å². The molecule has 110 valence electrons. The summed E-state index contributed by atoms with van der Waals surface area (Å²) in [4.78, 5) is 1.11. The molecule has 1 aliphatic carbocycles. The van der Waals surface area contributed by atoms with Gasteiger partial charge in [0.05, 0.1) is 5.75 Å². The molecule has 0 radical (unpaired) electrons. The first-order chi connectivity index (χ1) is 8.55. The maximum Gasteiger partial charge on any atom is 0.212 e. The van der Waals surface area contributed by atoms with Crippen LogP contribution in [0.5, 0.6) is 0 Å². The smallest absolute Gasteiger partial charge is 0.212 e. The Balaban J connectivity index is 0.00000180. The summed E-state index contributed by atoms with van der Waals surface area (Å²) in [5.74, 6) is 0.148. The van der Waals surface area contributed by atoms with Gasteiger partial charge in [-0.25, -0.2) is 13.1 Å². The molecule has 7 heteroatoms. The van der Waals surface area contributed by atoms with Crippen molar-refractivity contribution >= 4 is 33.8 Å². The van der Waals surface area contributed by atoms with E-state index in [0.717, 1.165) is 30.6 Å². The van der Waals surface area contributed by atoms with Crippen LogP contribution in [0.3, 0.4) is 0 Å². The topological polar surface area (TPSA) is 72.2 Å². The average Bonchev–Trinajstić information content (AvgIpc) is 2.97. The predicted octanol–water partition coefficient (Wildman–Crippen LogP) is 1.90. The molecule has 0 atom stereocenters. The minimum Gasteiger partial charge on any atom is -0.329 e. The van der Waals surface area contributed by atoms with Gasteiger partial charge in [-0.05, 0) is 30.7 Å². The largest absolute Gasteiger partial charge is 0.329 e. The standard InChI is InChI=1S/C12H20N2O2S2.ClH/c13-10-12(6-1-2-7-12)14-18(15,16)9-5-11-4-3-8-17-11;/h3-4,8,14H,1-2,5-7,9-10,13H2;1H. The summed E-state index contributed by atoms with van der Waals surface area (Å²) < 4.78 is 27.0. The van der Waals surface area contributed by atoms with E-state index in [1.807, 2.05) is 17.5 Å². The molecule has 1 fully saturated rings.